The van der Waals surface area contributed by atoms with E-state index < -0.39 is 11.8 Å². The van der Waals surface area contributed by atoms with Crippen molar-refractivity contribution in [3.8, 4) is 0 Å². The fourth-order valence-electron chi connectivity index (χ4n) is 3.91. The van der Waals surface area contributed by atoms with Gasteiger partial charge in [0.25, 0.3) is 11.8 Å². The standard InChI is InChI=1S/C29H20ClN3O2S/c30-26-14-6-5-13-24(26)28(34)32-27(17-21-10-7-15-36-21)29(35)33-31-18-25-22-11-3-1-8-19(22)16-20-9-2-4-12-23(20)25/h1-18H,(H,32,34)(H,33,35). The van der Waals surface area contributed by atoms with Crippen molar-refractivity contribution in [2.24, 2.45) is 5.10 Å². The molecule has 36 heavy (non-hydrogen) atoms. The fourth-order valence-corrected chi connectivity index (χ4v) is 4.79. The molecule has 0 spiro atoms. The van der Waals surface area contributed by atoms with Gasteiger partial charge in [0.2, 0.25) is 0 Å². The molecule has 0 unspecified atom stereocenters. The molecule has 1 heterocycles. The van der Waals surface area contributed by atoms with Crippen LogP contribution in [0.2, 0.25) is 5.02 Å². The van der Waals surface area contributed by atoms with Crippen LogP contribution >= 0.6 is 22.9 Å². The summed E-state index contributed by atoms with van der Waals surface area (Å²) in [6.07, 6.45) is 3.25. The van der Waals surface area contributed by atoms with Crippen LogP contribution in [0.3, 0.4) is 0 Å². The Hall–Kier alpha value is -4.26. The number of hydrogen-bond donors (Lipinski definition) is 2. The van der Waals surface area contributed by atoms with Gasteiger partial charge < -0.3 is 5.32 Å². The summed E-state index contributed by atoms with van der Waals surface area (Å²) in [4.78, 5) is 26.8. The summed E-state index contributed by atoms with van der Waals surface area (Å²) in [6, 6.07) is 28.6. The third-order valence-electron chi connectivity index (χ3n) is 5.61. The molecule has 1 aromatic heterocycles. The minimum atomic E-state index is -0.551. The van der Waals surface area contributed by atoms with Crippen molar-refractivity contribution in [3.05, 3.63) is 123 Å². The quantitative estimate of drug-likeness (QED) is 0.117. The number of rotatable bonds is 6. The van der Waals surface area contributed by atoms with Gasteiger partial charge in [0.15, 0.2) is 0 Å². The Kier molecular flexibility index (Phi) is 6.89. The smallest absolute Gasteiger partial charge is 0.287 e. The molecule has 5 nitrogen and oxygen atoms in total. The number of nitrogens with zero attached hydrogens (tertiary/aromatic N) is 1. The second-order valence-electron chi connectivity index (χ2n) is 7.94. The Labute approximate surface area is 216 Å². The van der Waals surface area contributed by atoms with Crippen molar-refractivity contribution < 1.29 is 9.59 Å². The van der Waals surface area contributed by atoms with Gasteiger partial charge in [0.05, 0.1) is 16.8 Å². The van der Waals surface area contributed by atoms with E-state index in [-0.39, 0.29) is 11.3 Å². The van der Waals surface area contributed by atoms with E-state index in [1.165, 1.54) is 11.3 Å². The second-order valence-corrected chi connectivity index (χ2v) is 9.33. The number of carbonyl (C=O) groups is 2. The number of thiophene rings is 1. The Bertz CT molecular complexity index is 1590. The summed E-state index contributed by atoms with van der Waals surface area (Å²) in [7, 11) is 0. The van der Waals surface area contributed by atoms with Crippen LogP contribution in [0.4, 0.5) is 0 Å². The SMILES string of the molecule is O=C(NN=Cc1c2ccccc2cc2ccccc12)C(=Cc1cccs1)NC(=O)c1ccccc1Cl. The largest absolute Gasteiger partial charge is 0.317 e. The molecule has 5 aromatic rings. The lowest BCUT2D eigenvalue weighted by Gasteiger charge is -2.10. The van der Waals surface area contributed by atoms with Gasteiger partial charge in [-0.05, 0) is 57.3 Å². The summed E-state index contributed by atoms with van der Waals surface area (Å²) >= 11 is 7.62. The van der Waals surface area contributed by atoms with Crippen molar-refractivity contribution in [2.45, 2.75) is 0 Å². The van der Waals surface area contributed by atoms with Gasteiger partial charge in [-0.25, -0.2) is 5.43 Å². The molecule has 176 valence electrons. The molecule has 0 aliphatic rings. The molecule has 0 saturated carbocycles. The zero-order valence-corrected chi connectivity index (χ0v) is 20.5. The van der Waals surface area contributed by atoms with Crippen LogP contribution in [0.15, 0.2) is 107 Å². The number of fused-ring (bicyclic) bond motifs is 2. The molecule has 0 bridgehead atoms. The van der Waals surface area contributed by atoms with E-state index in [0.29, 0.717) is 5.02 Å². The molecule has 0 atom stereocenters. The summed E-state index contributed by atoms with van der Waals surface area (Å²) in [5.41, 5.74) is 3.79. The molecule has 0 aliphatic carbocycles. The summed E-state index contributed by atoms with van der Waals surface area (Å²) in [6.45, 7) is 0. The van der Waals surface area contributed by atoms with Crippen LogP contribution in [0.25, 0.3) is 27.6 Å². The van der Waals surface area contributed by atoms with Gasteiger partial charge in [0, 0.05) is 10.4 Å². The fraction of sp³-hybridized carbons (Fsp3) is 0. The van der Waals surface area contributed by atoms with Crippen LogP contribution in [-0.4, -0.2) is 18.0 Å². The van der Waals surface area contributed by atoms with Crippen LogP contribution in [0, 0.1) is 0 Å². The summed E-state index contributed by atoms with van der Waals surface area (Å²) < 4.78 is 0. The zero-order valence-electron chi connectivity index (χ0n) is 18.9. The predicted octanol–water partition coefficient (Wildman–Crippen LogP) is 6.63. The van der Waals surface area contributed by atoms with E-state index in [0.717, 1.165) is 32.0 Å². The first-order valence-electron chi connectivity index (χ1n) is 11.1. The van der Waals surface area contributed by atoms with E-state index in [2.05, 4.69) is 21.9 Å². The molecular formula is C29H20ClN3O2S. The number of nitrogens with one attached hydrogen (secondary N) is 2. The molecule has 2 N–H and O–H groups in total. The average molecular weight is 510 g/mol. The summed E-state index contributed by atoms with van der Waals surface area (Å²) in [5.74, 6) is -1.04. The number of carbonyl (C=O) groups excluding carboxylic acids is 2. The Morgan fingerprint density at radius 2 is 1.50 bits per heavy atom. The number of amides is 2. The number of hydrogen-bond acceptors (Lipinski definition) is 4. The van der Waals surface area contributed by atoms with E-state index in [4.69, 9.17) is 11.6 Å². The first-order chi connectivity index (χ1) is 17.6. The maximum atomic E-state index is 13.1. The van der Waals surface area contributed by atoms with E-state index in [1.807, 2.05) is 66.0 Å². The molecule has 0 saturated heterocycles. The molecule has 0 radical (unpaired) electrons. The van der Waals surface area contributed by atoms with Crippen LogP contribution in [0.1, 0.15) is 20.8 Å². The van der Waals surface area contributed by atoms with Gasteiger partial charge in [-0.15, -0.1) is 11.3 Å². The topological polar surface area (TPSA) is 70.6 Å². The molecule has 2 amide bonds. The first-order valence-corrected chi connectivity index (χ1v) is 12.4. The van der Waals surface area contributed by atoms with Crippen molar-refractivity contribution in [2.75, 3.05) is 0 Å². The third-order valence-corrected chi connectivity index (χ3v) is 6.76. The van der Waals surface area contributed by atoms with Gasteiger partial charge in [-0.1, -0.05) is 78.3 Å². The third kappa shape index (κ3) is 5.05. The average Bonchev–Trinajstić information content (AvgIpc) is 3.41. The van der Waals surface area contributed by atoms with Gasteiger partial charge in [-0.3, -0.25) is 9.59 Å². The Morgan fingerprint density at radius 3 is 2.17 bits per heavy atom. The molecule has 5 rings (SSSR count). The number of benzene rings is 4. The maximum Gasteiger partial charge on any atom is 0.287 e. The number of hydrazone groups is 1. The maximum absolute atomic E-state index is 13.1. The normalized spacial score (nSPS) is 11.8. The predicted molar refractivity (Wildman–Crippen MR) is 148 cm³/mol. The molecule has 4 aromatic carbocycles. The van der Waals surface area contributed by atoms with Crippen molar-refractivity contribution in [1.82, 2.24) is 10.7 Å². The first kappa shape index (κ1) is 23.5. The molecular weight excluding hydrogens is 490 g/mol. The summed E-state index contributed by atoms with van der Waals surface area (Å²) in [5, 5.41) is 13.3. The lowest BCUT2D eigenvalue weighted by Crippen LogP contribution is -2.33. The van der Waals surface area contributed by atoms with E-state index in [9.17, 15) is 9.59 Å². The lowest BCUT2D eigenvalue weighted by atomic mass is 9.97. The van der Waals surface area contributed by atoms with Gasteiger partial charge in [0.1, 0.15) is 5.70 Å². The Balaban J connectivity index is 1.44. The highest BCUT2D eigenvalue weighted by Crippen LogP contribution is 2.27. The highest BCUT2D eigenvalue weighted by atomic mass is 35.5. The Morgan fingerprint density at radius 1 is 0.833 bits per heavy atom. The number of halogens is 1. The lowest BCUT2D eigenvalue weighted by molar-refractivity contribution is -0.117. The minimum Gasteiger partial charge on any atom is -0.317 e. The van der Waals surface area contributed by atoms with Crippen LogP contribution < -0.4 is 10.7 Å². The highest BCUT2D eigenvalue weighted by Gasteiger charge is 2.16. The van der Waals surface area contributed by atoms with Gasteiger partial charge >= 0.3 is 0 Å². The van der Waals surface area contributed by atoms with Crippen molar-refractivity contribution >= 4 is 68.6 Å². The van der Waals surface area contributed by atoms with Gasteiger partial charge in [-0.2, -0.15) is 5.10 Å². The highest BCUT2D eigenvalue weighted by molar-refractivity contribution is 7.10. The van der Waals surface area contributed by atoms with Crippen LogP contribution in [0.5, 0.6) is 0 Å². The minimum absolute atomic E-state index is 0.0577. The van der Waals surface area contributed by atoms with Crippen LogP contribution in [-0.2, 0) is 4.79 Å². The van der Waals surface area contributed by atoms with Crippen molar-refractivity contribution in [3.63, 3.8) is 0 Å². The van der Waals surface area contributed by atoms with Crippen molar-refractivity contribution in [1.29, 1.82) is 0 Å². The zero-order chi connectivity index (χ0) is 24.9. The van der Waals surface area contributed by atoms with E-state index >= 15 is 0 Å². The second kappa shape index (κ2) is 10.6. The monoisotopic (exact) mass is 509 g/mol. The molecule has 0 fully saturated rings. The molecule has 7 heteroatoms. The van der Waals surface area contributed by atoms with E-state index in [1.54, 1.807) is 36.6 Å². The molecule has 0 aliphatic heterocycles.